The lowest BCUT2D eigenvalue weighted by atomic mass is 10.1. The van der Waals surface area contributed by atoms with E-state index in [-0.39, 0.29) is 5.91 Å². The fraction of sp³-hybridized carbons (Fsp3) is 0.364. The third-order valence-corrected chi connectivity index (χ3v) is 6.30. The molecular formula is C22H26N6OS. The summed E-state index contributed by atoms with van der Waals surface area (Å²) in [6, 6.07) is 16.6. The topological polar surface area (TPSA) is 67.2 Å². The molecule has 0 bridgehead atoms. The zero-order chi connectivity index (χ0) is 20.9. The van der Waals surface area contributed by atoms with Crippen molar-refractivity contribution in [2.24, 2.45) is 0 Å². The highest BCUT2D eigenvalue weighted by molar-refractivity contribution is 7.99. The van der Waals surface area contributed by atoms with Gasteiger partial charge in [-0.25, -0.2) is 0 Å². The highest BCUT2D eigenvalue weighted by Crippen LogP contribution is 2.23. The van der Waals surface area contributed by atoms with Crippen molar-refractivity contribution in [1.29, 1.82) is 0 Å². The van der Waals surface area contributed by atoms with E-state index in [0.717, 1.165) is 49.5 Å². The molecule has 1 amide bonds. The number of carbonyl (C=O) groups is 1. The molecule has 1 aromatic heterocycles. The van der Waals surface area contributed by atoms with Crippen LogP contribution in [0.3, 0.4) is 0 Å². The van der Waals surface area contributed by atoms with Gasteiger partial charge in [-0.15, -0.1) is 5.10 Å². The molecule has 1 fully saturated rings. The Bertz CT molecular complexity index is 978. The first kappa shape index (κ1) is 20.6. The maximum Gasteiger partial charge on any atom is 0.233 e. The Morgan fingerprint density at radius 2 is 1.67 bits per heavy atom. The molecular weight excluding hydrogens is 396 g/mol. The number of piperazine rings is 1. The van der Waals surface area contributed by atoms with E-state index in [0.29, 0.717) is 10.9 Å². The van der Waals surface area contributed by atoms with Crippen LogP contribution in [0.2, 0.25) is 0 Å². The number of hydrogen-bond donors (Lipinski definition) is 0. The summed E-state index contributed by atoms with van der Waals surface area (Å²) in [5.41, 5.74) is 4.49. The van der Waals surface area contributed by atoms with Crippen molar-refractivity contribution in [3.05, 3.63) is 65.2 Å². The highest BCUT2D eigenvalue weighted by atomic mass is 32.2. The van der Waals surface area contributed by atoms with Gasteiger partial charge in [0, 0.05) is 32.7 Å². The number of carbonyl (C=O) groups excluding carboxylic acids is 1. The van der Waals surface area contributed by atoms with Crippen LogP contribution in [0.4, 0.5) is 0 Å². The smallest absolute Gasteiger partial charge is 0.233 e. The molecule has 4 rings (SSSR count). The van der Waals surface area contributed by atoms with E-state index < -0.39 is 0 Å². The molecule has 2 heterocycles. The van der Waals surface area contributed by atoms with E-state index in [2.05, 4.69) is 44.7 Å². The molecule has 156 valence electrons. The molecule has 1 saturated heterocycles. The van der Waals surface area contributed by atoms with Gasteiger partial charge in [0.15, 0.2) is 0 Å². The molecule has 0 unspecified atom stereocenters. The molecule has 2 aromatic carbocycles. The van der Waals surface area contributed by atoms with E-state index in [1.165, 1.54) is 17.3 Å². The first-order chi connectivity index (χ1) is 14.6. The van der Waals surface area contributed by atoms with E-state index in [9.17, 15) is 4.79 Å². The van der Waals surface area contributed by atoms with Crippen molar-refractivity contribution >= 4 is 17.7 Å². The highest BCUT2D eigenvalue weighted by Gasteiger charge is 2.22. The van der Waals surface area contributed by atoms with Crippen LogP contribution >= 0.6 is 11.8 Å². The molecule has 0 N–H and O–H groups in total. The van der Waals surface area contributed by atoms with Gasteiger partial charge in [0.1, 0.15) is 0 Å². The largest absolute Gasteiger partial charge is 0.339 e. The average molecular weight is 423 g/mol. The van der Waals surface area contributed by atoms with Crippen LogP contribution in [0, 0.1) is 13.8 Å². The van der Waals surface area contributed by atoms with Crippen molar-refractivity contribution in [1.82, 2.24) is 30.0 Å². The van der Waals surface area contributed by atoms with E-state index in [4.69, 9.17) is 0 Å². The monoisotopic (exact) mass is 422 g/mol. The first-order valence-electron chi connectivity index (χ1n) is 10.1. The molecule has 1 aliphatic heterocycles. The van der Waals surface area contributed by atoms with Crippen LogP contribution in [-0.4, -0.2) is 67.8 Å². The minimum absolute atomic E-state index is 0.135. The fourth-order valence-electron chi connectivity index (χ4n) is 3.76. The second kappa shape index (κ2) is 9.40. The van der Waals surface area contributed by atoms with Crippen LogP contribution in [0.25, 0.3) is 5.69 Å². The summed E-state index contributed by atoms with van der Waals surface area (Å²) in [6.07, 6.45) is 0. The Morgan fingerprint density at radius 3 is 2.37 bits per heavy atom. The standard InChI is InChI=1S/C22H26N6OS/c1-17-7-6-8-18(2)21(17)28-22(23-24-25-28)30-16-20(29)27-13-11-26(12-14-27)15-19-9-4-3-5-10-19/h3-10H,11-16H2,1-2H3. The third-order valence-electron chi connectivity index (χ3n) is 5.39. The van der Waals surface area contributed by atoms with E-state index in [1.807, 2.05) is 43.0 Å². The Labute approximate surface area is 181 Å². The van der Waals surface area contributed by atoms with Gasteiger partial charge in [0.05, 0.1) is 11.4 Å². The van der Waals surface area contributed by atoms with Crippen molar-refractivity contribution in [2.45, 2.75) is 25.5 Å². The van der Waals surface area contributed by atoms with Crippen LogP contribution in [0.15, 0.2) is 53.7 Å². The Hall–Kier alpha value is -2.71. The summed E-state index contributed by atoms with van der Waals surface area (Å²) >= 11 is 1.39. The summed E-state index contributed by atoms with van der Waals surface area (Å²) < 4.78 is 1.74. The Kier molecular flexibility index (Phi) is 6.44. The van der Waals surface area contributed by atoms with Gasteiger partial charge >= 0.3 is 0 Å². The van der Waals surface area contributed by atoms with Crippen LogP contribution in [0.5, 0.6) is 0 Å². The zero-order valence-electron chi connectivity index (χ0n) is 17.4. The van der Waals surface area contributed by atoms with Crippen LogP contribution in [0.1, 0.15) is 16.7 Å². The van der Waals surface area contributed by atoms with Gasteiger partial charge in [-0.2, -0.15) is 4.68 Å². The van der Waals surface area contributed by atoms with Gasteiger partial charge in [-0.05, 0) is 41.0 Å². The predicted molar refractivity (Wildman–Crippen MR) is 118 cm³/mol. The number of thioether (sulfide) groups is 1. The molecule has 0 saturated carbocycles. The quantitative estimate of drug-likeness (QED) is 0.569. The van der Waals surface area contributed by atoms with Gasteiger partial charge in [0.25, 0.3) is 0 Å². The summed E-state index contributed by atoms with van der Waals surface area (Å²) in [7, 11) is 0. The number of hydrogen-bond acceptors (Lipinski definition) is 6. The molecule has 3 aromatic rings. The molecule has 8 heteroatoms. The van der Waals surface area contributed by atoms with Crippen molar-refractivity contribution in [3.8, 4) is 5.69 Å². The summed E-state index contributed by atoms with van der Waals surface area (Å²) in [5, 5.41) is 12.8. The van der Waals surface area contributed by atoms with Crippen LogP contribution < -0.4 is 0 Å². The van der Waals surface area contributed by atoms with Gasteiger partial charge < -0.3 is 4.90 Å². The average Bonchev–Trinajstić information content (AvgIpc) is 3.21. The number of rotatable bonds is 6. The van der Waals surface area contributed by atoms with Crippen LogP contribution in [-0.2, 0) is 11.3 Å². The normalized spacial score (nSPS) is 14.8. The molecule has 30 heavy (non-hydrogen) atoms. The molecule has 0 atom stereocenters. The second-order valence-corrected chi connectivity index (χ2v) is 8.49. The van der Waals surface area contributed by atoms with Crippen molar-refractivity contribution in [2.75, 3.05) is 31.9 Å². The lowest BCUT2D eigenvalue weighted by Crippen LogP contribution is -2.48. The molecule has 1 aliphatic rings. The van der Waals surface area contributed by atoms with Gasteiger partial charge in [-0.1, -0.05) is 60.3 Å². The minimum atomic E-state index is 0.135. The summed E-state index contributed by atoms with van der Waals surface area (Å²) in [4.78, 5) is 17.1. The lowest BCUT2D eigenvalue weighted by Gasteiger charge is -2.34. The number of aromatic nitrogens is 4. The second-order valence-electron chi connectivity index (χ2n) is 7.54. The summed E-state index contributed by atoms with van der Waals surface area (Å²) in [5.74, 6) is 0.472. The predicted octanol–water partition coefficient (Wildman–Crippen LogP) is 2.72. The Balaban J connectivity index is 1.32. The van der Waals surface area contributed by atoms with Gasteiger partial charge in [0.2, 0.25) is 11.1 Å². The first-order valence-corrected chi connectivity index (χ1v) is 11.1. The molecule has 0 radical (unpaired) electrons. The number of para-hydroxylation sites is 1. The maximum atomic E-state index is 12.7. The molecule has 7 nitrogen and oxygen atoms in total. The molecule has 0 aliphatic carbocycles. The van der Waals surface area contributed by atoms with Crippen molar-refractivity contribution in [3.63, 3.8) is 0 Å². The number of amides is 1. The molecule has 0 spiro atoms. The summed E-state index contributed by atoms with van der Waals surface area (Å²) in [6.45, 7) is 8.32. The third kappa shape index (κ3) is 4.71. The van der Waals surface area contributed by atoms with E-state index in [1.54, 1.807) is 4.68 Å². The number of benzene rings is 2. The number of aryl methyl sites for hydroxylation is 2. The van der Waals surface area contributed by atoms with Gasteiger partial charge in [-0.3, -0.25) is 9.69 Å². The maximum absolute atomic E-state index is 12.7. The number of tetrazole rings is 1. The van der Waals surface area contributed by atoms with E-state index >= 15 is 0 Å². The fourth-order valence-corrected chi connectivity index (χ4v) is 4.54. The zero-order valence-corrected chi connectivity index (χ0v) is 18.2. The minimum Gasteiger partial charge on any atom is -0.339 e. The Morgan fingerprint density at radius 1 is 0.967 bits per heavy atom. The lowest BCUT2D eigenvalue weighted by molar-refractivity contribution is -0.130. The SMILES string of the molecule is Cc1cccc(C)c1-n1nnnc1SCC(=O)N1CCN(Cc2ccccc2)CC1. The van der Waals surface area contributed by atoms with Crippen molar-refractivity contribution < 1.29 is 4.79 Å². The number of nitrogens with zero attached hydrogens (tertiary/aromatic N) is 6.